The topological polar surface area (TPSA) is 67.4 Å². The molecule has 0 saturated carbocycles. The molecule has 1 aromatic carbocycles. The molecule has 0 aliphatic carbocycles. The molecule has 1 aliphatic heterocycles. The molecule has 0 aromatic heterocycles. The van der Waals surface area contributed by atoms with Crippen LogP contribution in [0.2, 0.25) is 0 Å². The molecular formula is C15H20N2O3. The van der Waals surface area contributed by atoms with Crippen LogP contribution in [0.15, 0.2) is 18.2 Å². The van der Waals surface area contributed by atoms with Crippen LogP contribution in [0.5, 0.6) is 5.75 Å². The summed E-state index contributed by atoms with van der Waals surface area (Å²) in [4.78, 5) is 23.5. The van der Waals surface area contributed by atoms with Gasteiger partial charge in [-0.2, -0.15) is 0 Å². The highest BCUT2D eigenvalue weighted by atomic mass is 16.5. The van der Waals surface area contributed by atoms with Crippen LogP contribution in [0.1, 0.15) is 38.8 Å². The molecule has 1 unspecified atom stereocenters. The first-order valence-corrected chi connectivity index (χ1v) is 6.51. The fourth-order valence-electron chi connectivity index (χ4n) is 2.30. The van der Waals surface area contributed by atoms with E-state index in [2.05, 4.69) is 31.4 Å². The van der Waals surface area contributed by atoms with Crippen LogP contribution in [0.4, 0.5) is 4.79 Å². The average molecular weight is 276 g/mol. The monoisotopic (exact) mass is 276 g/mol. The number of ether oxygens (including phenoxy) is 1. The minimum absolute atomic E-state index is 0.0591. The van der Waals surface area contributed by atoms with Crippen LogP contribution in [-0.2, 0) is 15.7 Å². The number of methoxy groups -OCH3 is 1. The zero-order chi connectivity index (χ0) is 15.1. The lowest BCUT2D eigenvalue weighted by Crippen LogP contribution is -2.41. The number of imide groups is 1. The maximum absolute atomic E-state index is 12.1. The van der Waals surface area contributed by atoms with E-state index in [1.807, 2.05) is 18.2 Å². The van der Waals surface area contributed by atoms with E-state index in [0.29, 0.717) is 11.3 Å². The van der Waals surface area contributed by atoms with E-state index < -0.39 is 11.6 Å². The highest BCUT2D eigenvalue weighted by Crippen LogP contribution is 2.35. The number of carbonyl (C=O) groups is 2. The lowest BCUT2D eigenvalue weighted by Gasteiger charge is -2.27. The summed E-state index contributed by atoms with van der Waals surface area (Å²) in [5.74, 6) is 0.213. The van der Waals surface area contributed by atoms with E-state index in [-0.39, 0.29) is 11.3 Å². The van der Waals surface area contributed by atoms with Gasteiger partial charge in [-0.1, -0.05) is 26.8 Å². The predicted octanol–water partition coefficient (Wildman–Crippen LogP) is 2.05. The zero-order valence-corrected chi connectivity index (χ0v) is 12.5. The van der Waals surface area contributed by atoms with Gasteiger partial charge in [-0.25, -0.2) is 4.79 Å². The number of hydrogen-bond donors (Lipinski definition) is 2. The fraction of sp³-hybridized carbons (Fsp3) is 0.467. The van der Waals surface area contributed by atoms with Crippen molar-refractivity contribution in [2.45, 2.75) is 38.6 Å². The summed E-state index contributed by atoms with van der Waals surface area (Å²) >= 11 is 0. The van der Waals surface area contributed by atoms with Gasteiger partial charge in [-0.15, -0.1) is 0 Å². The molecule has 20 heavy (non-hydrogen) atoms. The van der Waals surface area contributed by atoms with E-state index in [4.69, 9.17) is 4.74 Å². The Labute approximate surface area is 118 Å². The molecule has 1 atom stereocenters. The van der Waals surface area contributed by atoms with Crippen LogP contribution >= 0.6 is 0 Å². The lowest BCUT2D eigenvalue weighted by atomic mass is 9.82. The van der Waals surface area contributed by atoms with Gasteiger partial charge >= 0.3 is 6.03 Å². The van der Waals surface area contributed by atoms with E-state index in [0.717, 1.165) is 5.56 Å². The number of carbonyl (C=O) groups excluding carboxylic acids is 2. The SMILES string of the molecule is COc1ccc(C(C)(C)C)cc1C1(C)NC(=O)NC1=O. The molecule has 0 spiro atoms. The zero-order valence-electron chi connectivity index (χ0n) is 12.5. The van der Waals surface area contributed by atoms with E-state index in [9.17, 15) is 9.59 Å². The summed E-state index contributed by atoms with van der Waals surface area (Å²) in [6.07, 6.45) is 0. The smallest absolute Gasteiger partial charge is 0.322 e. The van der Waals surface area contributed by atoms with Crippen LogP contribution < -0.4 is 15.4 Å². The van der Waals surface area contributed by atoms with Crippen molar-refractivity contribution in [3.05, 3.63) is 29.3 Å². The van der Waals surface area contributed by atoms with Gasteiger partial charge in [-0.05, 0) is 30.0 Å². The number of urea groups is 1. The lowest BCUT2D eigenvalue weighted by molar-refractivity contribution is -0.123. The molecule has 1 saturated heterocycles. The Hall–Kier alpha value is -2.04. The normalized spacial score (nSPS) is 22.4. The van der Waals surface area contributed by atoms with E-state index in [1.165, 1.54) is 0 Å². The molecule has 5 heteroatoms. The summed E-state index contributed by atoms with van der Waals surface area (Å²) in [6, 6.07) is 5.24. The molecule has 5 nitrogen and oxygen atoms in total. The average Bonchev–Trinajstić information content (AvgIpc) is 2.62. The summed E-state index contributed by atoms with van der Waals surface area (Å²) in [6.45, 7) is 7.95. The Kier molecular flexibility index (Phi) is 3.24. The Morgan fingerprint density at radius 2 is 1.85 bits per heavy atom. The Morgan fingerprint density at radius 1 is 1.20 bits per heavy atom. The van der Waals surface area contributed by atoms with E-state index in [1.54, 1.807) is 14.0 Å². The van der Waals surface area contributed by atoms with Gasteiger partial charge in [0.05, 0.1) is 7.11 Å². The van der Waals surface area contributed by atoms with Crippen molar-refractivity contribution in [3.8, 4) is 5.75 Å². The maximum Gasteiger partial charge on any atom is 0.322 e. The molecule has 108 valence electrons. The molecule has 0 bridgehead atoms. The second kappa shape index (κ2) is 4.51. The molecule has 1 aliphatic rings. The first-order chi connectivity index (χ1) is 9.18. The number of benzene rings is 1. The Balaban J connectivity index is 2.60. The summed E-state index contributed by atoms with van der Waals surface area (Å²) in [5, 5.41) is 4.94. The molecular weight excluding hydrogens is 256 g/mol. The third kappa shape index (κ3) is 2.24. The van der Waals surface area contributed by atoms with Gasteiger partial charge in [0.1, 0.15) is 11.3 Å². The second-order valence-electron chi connectivity index (χ2n) is 6.20. The number of amides is 3. The van der Waals surface area contributed by atoms with Crippen molar-refractivity contribution in [1.82, 2.24) is 10.6 Å². The second-order valence-corrected chi connectivity index (χ2v) is 6.20. The van der Waals surface area contributed by atoms with Gasteiger partial charge in [0.15, 0.2) is 0 Å². The van der Waals surface area contributed by atoms with Gasteiger partial charge < -0.3 is 10.1 Å². The van der Waals surface area contributed by atoms with Gasteiger partial charge in [-0.3, -0.25) is 10.1 Å². The standard InChI is InChI=1S/C15H20N2O3/c1-14(2,3)9-6-7-11(20-5)10(8-9)15(4)12(18)16-13(19)17-15/h6-8H,1-5H3,(H2,16,17,18,19). The Morgan fingerprint density at radius 3 is 2.30 bits per heavy atom. The quantitative estimate of drug-likeness (QED) is 0.812. The van der Waals surface area contributed by atoms with Crippen LogP contribution in [0.3, 0.4) is 0 Å². The van der Waals surface area contributed by atoms with Crippen molar-refractivity contribution in [2.75, 3.05) is 7.11 Å². The fourth-order valence-corrected chi connectivity index (χ4v) is 2.30. The minimum Gasteiger partial charge on any atom is -0.496 e. The summed E-state index contributed by atoms with van der Waals surface area (Å²) in [7, 11) is 1.55. The number of rotatable bonds is 2. The largest absolute Gasteiger partial charge is 0.496 e. The number of hydrogen-bond acceptors (Lipinski definition) is 3. The highest BCUT2D eigenvalue weighted by Gasteiger charge is 2.45. The summed E-state index contributed by atoms with van der Waals surface area (Å²) < 4.78 is 5.34. The Bertz CT molecular complexity index is 575. The molecule has 2 rings (SSSR count). The van der Waals surface area contributed by atoms with Crippen LogP contribution in [0.25, 0.3) is 0 Å². The predicted molar refractivity (Wildman–Crippen MR) is 75.7 cm³/mol. The molecule has 2 N–H and O–H groups in total. The maximum atomic E-state index is 12.1. The third-order valence-electron chi connectivity index (χ3n) is 3.65. The van der Waals surface area contributed by atoms with Crippen LogP contribution in [-0.4, -0.2) is 19.0 Å². The summed E-state index contributed by atoms with van der Waals surface area (Å²) in [5.41, 5.74) is 0.569. The molecule has 3 amide bonds. The van der Waals surface area contributed by atoms with Crippen molar-refractivity contribution < 1.29 is 14.3 Å². The highest BCUT2D eigenvalue weighted by molar-refractivity contribution is 6.07. The molecule has 1 fully saturated rings. The van der Waals surface area contributed by atoms with Gasteiger partial charge in [0.25, 0.3) is 5.91 Å². The van der Waals surface area contributed by atoms with Gasteiger partial charge in [0, 0.05) is 5.56 Å². The van der Waals surface area contributed by atoms with Crippen LogP contribution in [0, 0.1) is 0 Å². The van der Waals surface area contributed by atoms with Gasteiger partial charge in [0.2, 0.25) is 0 Å². The molecule has 0 radical (unpaired) electrons. The number of nitrogens with one attached hydrogen (secondary N) is 2. The molecule has 1 aromatic rings. The third-order valence-corrected chi connectivity index (χ3v) is 3.65. The van der Waals surface area contributed by atoms with Crippen molar-refractivity contribution in [1.29, 1.82) is 0 Å². The van der Waals surface area contributed by atoms with Crippen molar-refractivity contribution in [3.63, 3.8) is 0 Å². The van der Waals surface area contributed by atoms with E-state index >= 15 is 0 Å². The van der Waals surface area contributed by atoms with Crippen molar-refractivity contribution >= 4 is 11.9 Å². The first-order valence-electron chi connectivity index (χ1n) is 6.51. The van der Waals surface area contributed by atoms with Crippen molar-refractivity contribution in [2.24, 2.45) is 0 Å². The molecule has 1 heterocycles. The first kappa shape index (κ1) is 14.4. The minimum atomic E-state index is -1.11.